The summed E-state index contributed by atoms with van der Waals surface area (Å²) < 4.78 is 13.0. The summed E-state index contributed by atoms with van der Waals surface area (Å²) in [6.45, 7) is 0. The number of halogens is 1. The molecule has 2 rings (SSSR count). The lowest BCUT2D eigenvalue weighted by Gasteiger charge is -2.13. The van der Waals surface area contributed by atoms with E-state index in [1.807, 2.05) is 0 Å². The summed E-state index contributed by atoms with van der Waals surface area (Å²) >= 11 is 0. The maximum absolute atomic E-state index is 13.0. The average molecular weight is 151 g/mol. The van der Waals surface area contributed by atoms with Crippen LogP contribution in [0.3, 0.4) is 0 Å². The van der Waals surface area contributed by atoms with Crippen LogP contribution in [-0.4, -0.2) is 4.98 Å². The lowest BCUT2D eigenvalue weighted by Crippen LogP contribution is -2.06. The average Bonchev–Trinajstić information content (AvgIpc) is 2.06. The van der Waals surface area contributed by atoms with E-state index in [2.05, 4.69) is 4.98 Å². The molecule has 0 bridgehead atoms. The van der Waals surface area contributed by atoms with Gasteiger partial charge in [-0.05, 0) is 31.7 Å². The quantitative estimate of drug-likeness (QED) is 0.553. The Hall–Kier alpha value is -0.920. The molecule has 11 heavy (non-hydrogen) atoms. The van der Waals surface area contributed by atoms with Gasteiger partial charge in [0.15, 0.2) is 0 Å². The fourth-order valence-electron chi connectivity index (χ4n) is 1.58. The number of fused-ring (bicyclic) bond motifs is 1. The first kappa shape index (κ1) is 6.77. The van der Waals surface area contributed by atoms with E-state index in [9.17, 15) is 4.39 Å². The van der Waals surface area contributed by atoms with E-state index >= 15 is 0 Å². The zero-order valence-corrected chi connectivity index (χ0v) is 6.31. The first-order valence-corrected chi connectivity index (χ1v) is 4.00. The third-order valence-electron chi connectivity index (χ3n) is 2.18. The molecule has 0 aromatic carbocycles. The van der Waals surface area contributed by atoms with Crippen molar-refractivity contribution in [2.24, 2.45) is 0 Å². The molecule has 0 N–H and O–H groups in total. The van der Waals surface area contributed by atoms with Gasteiger partial charge in [-0.1, -0.05) is 0 Å². The van der Waals surface area contributed by atoms with Crippen LogP contribution in [0.15, 0.2) is 12.3 Å². The van der Waals surface area contributed by atoms with Crippen molar-refractivity contribution in [2.45, 2.75) is 25.7 Å². The van der Waals surface area contributed by atoms with E-state index in [-0.39, 0.29) is 5.82 Å². The molecule has 1 aromatic heterocycles. The van der Waals surface area contributed by atoms with Crippen molar-refractivity contribution in [1.29, 1.82) is 0 Å². The number of nitrogens with zero attached hydrogens (tertiary/aromatic N) is 1. The van der Waals surface area contributed by atoms with Crippen molar-refractivity contribution >= 4 is 0 Å². The third-order valence-corrected chi connectivity index (χ3v) is 2.18. The molecule has 0 spiro atoms. The van der Waals surface area contributed by atoms with Crippen molar-refractivity contribution < 1.29 is 4.39 Å². The van der Waals surface area contributed by atoms with E-state index in [4.69, 9.17) is 0 Å². The Morgan fingerprint density at radius 2 is 2.09 bits per heavy atom. The van der Waals surface area contributed by atoms with E-state index in [1.165, 1.54) is 6.07 Å². The van der Waals surface area contributed by atoms with Crippen LogP contribution in [0.4, 0.5) is 4.39 Å². The first-order valence-electron chi connectivity index (χ1n) is 4.00. The van der Waals surface area contributed by atoms with Gasteiger partial charge in [-0.15, -0.1) is 0 Å². The number of aromatic nitrogens is 1. The summed E-state index contributed by atoms with van der Waals surface area (Å²) in [6, 6.07) is 1.45. The van der Waals surface area contributed by atoms with Crippen molar-refractivity contribution in [1.82, 2.24) is 4.98 Å². The van der Waals surface area contributed by atoms with Crippen LogP contribution in [0.2, 0.25) is 0 Å². The molecule has 1 aliphatic rings. The van der Waals surface area contributed by atoms with Crippen molar-refractivity contribution in [3.05, 3.63) is 29.3 Å². The number of aryl methyl sites for hydroxylation is 1. The third kappa shape index (κ3) is 1.13. The highest BCUT2D eigenvalue weighted by Crippen LogP contribution is 2.20. The molecule has 0 unspecified atom stereocenters. The molecule has 0 saturated carbocycles. The molecule has 0 saturated heterocycles. The molecule has 58 valence electrons. The molecular formula is C9H10FN. The fraction of sp³-hybridized carbons (Fsp3) is 0.444. The van der Waals surface area contributed by atoms with Gasteiger partial charge in [0.1, 0.15) is 5.82 Å². The second kappa shape index (κ2) is 2.61. The zero-order valence-electron chi connectivity index (χ0n) is 6.31. The standard InChI is InChI=1S/C9H10FN/c10-8-5-6-11-9-4-2-1-3-7(8)9/h5-6H,1-4H2. The van der Waals surface area contributed by atoms with Gasteiger partial charge in [0, 0.05) is 17.5 Å². The van der Waals surface area contributed by atoms with Crippen LogP contribution in [0.5, 0.6) is 0 Å². The van der Waals surface area contributed by atoms with Gasteiger partial charge in [0.05, 0.1) is 0 Å². The highest BCUT2D eigenvalue weighted by atomic mass is 19.1. The second-order valence-electron chi connectivity index (χ2n) is 2.93. The second-order valence-corrected chi connectivity index (χ2v) is 2.93. The van der Waals surface area contributed by atoms with Gasteiger partial charge in [0.25, 0.3) is 0 Å². The number of pyridine rings is 1. The SMILES string of the molecule is Fc1ccnc2c1CCCC2. The number of rotatable bonds is 0. The largest absolute Gasteiger partial charge is 0.261 e. The Bertz CT molecular complexity index is 270. The van der Waals surface area contributed by atoms with Gasteiger partial charge >= 0.3 is 0 Å². The normalized spacial score (nSPS) is 16.1. The van der Waals surface area contributed by atoms with Crippen LogP contribution >= 0.6 is 0 Å². The minimum absolute atomic E-state index is 0.0744. The summed E-state index contributed by atoms with van der Waals surface area (Å²) in [5.74, 6) is -0.0744. The molecule has 0 fully saturated rings. The van der Waals surface area contributed by atoms with Crippen molar-refractivity contribution in [2.75, 3.05) is 0 Å². The van der Waals surface area contributed by atoms with Crippen LogP contribution < -0.4 is 0 Å². The molecule has 1 aromatic rings. The van der Waals surface area contributed by atoms with Gasteiger partial charge in [-0.3, -0.25) is 4.98 Å². The lowest BCUT2D eigenvalue weighted by molar-refractivity contribution is 0.569. The predicted octanol–water partition coefficient (Wildman–Crippen LogP) is 2.10. The highest BCUT2D eigenvalue weighted by Gasteiger charge is 2.13. The maximum Gasteiger partial charge on any atom is 0.129 e. The maximum atomic E-state index is 13.0. The van der Waals surface area contributed by atoms with Crippen LogP contribution in [0, 0.1) is 5.82 Å². The molecule has 1 heterocycles. The van der Waals surface area contributed by atoms with E-state index in [1.54, 1.807) is 6.20 Å². The summed E-state index contributed by atoms with van der Waals surface area (Å²) in [7, 11) is 0. The lowest BCUT2D eigenvalue weighted by atomic mass is 9.96. The van der Waals surface area contributed by atoms with Crippen LogP contribution in [-0.2, 0) is 12.8 Å². The van der Waals surface area contributed by atoms with E-state index in [0.717, 1.165) is 36.9 Å². The molecule has 1 nitrogen and oxygen atoms in total. The Morgan fingerprint density at radius 3 is 2.91 bits per heavy atom. The predicted molar refractivity (Wildman–Crippen MR) is 40.8 cm³/mol. The number of hydrogen-bond acceptors (Lipinski definition) is 1. The van der Waals surface area contributed by atoms with Gasteiger partial charge in [0.2, 0.25) is 0 Å². The Balaban J connectivity index is 2.49. The highest BCUT2D eigenvalue weighted by molar-refractivity contribution is 5.23. The molecule has 1 aliphatic carbocycles. The summed E-state index contributed by atoms with van der Waals surface area (Å²) in [6.07, 6.45) is 5.64. The van der Waals surface area contributed by atoms with Crippen molar-refractivity contribution in [3.63, 3.8) is 0 Å². The molecular weight excluding hydrogens is 141 g/mol. The summed E-state index contributed by atoms with van der Waals surface area (Å²) in [4.78, 5) is 4.14. The van der Waals surface area contributed by atoms with E-state index in [0.29, 0.717) is 0 Å². The van der Waals surface area contributed by atoms with Gasteiger partial charge < -0.3 is 0 Å². The van der Waals surface area contributed by atoms with Crippen molar-refractivity contribution in [3.8, 4) is 0 Å². The molecule has 0 aliphatic heterocycles. The Labute approximate surface area is 65.3 Å². The Kier molecular flexibility index (Phi) is 1.60. The van der Waals surface area contributed by atoms with Crippen LogP contribution in [0.1, 0.15) is 24.1 Å². The van der Waals surface area contributed by atoms with E-state index < -0.39 is 0 Å². The summed E-state index contributed by atoms with van der Waals surface area (Å²) in [5.41, 5.74) is 1.81. The minimum Gasteiger partial charge on any atom is -0.261 e. The molecule has 0 radical (unpaired) electrons. The zero-order chi connectivity index (χ0) is 7.68. The minimum atomic E-state index is -0.0744. The van der Waals surface area contributed by atoms with Gasteiger partial charge in [-0.2, -0.15) is 0 Å². The number of hydrogen-bond donors (Lipinski definition) is 0. The fourth-order valence-corrected chi connectivity index (χ4v) is 1.58. The monoisotopic (exact) mass is 151 g/mol. The molecule has 2 heteroatoms. The van der Waals surface area contributed by atoms with Gasteiger partial charge in [-0.25, -0.2) is 4.39 Å². The Morgan fingerprint density at radius 1 is 1.27 bits per heavy atom. The van der Waals surface area contributed by atoms with Crippen LogP contribution in [0.25, 0.3) is 0 Å². The summed E-state index contributed by atoms with van der Waals surface area (Å²) in [5, 5.41) is 0. The first-order chi connectivity index (χ1) is 5.38. The smallest absolute Gasteiger partial charge is 0.129 e. The topological polar surface area (TPSA) is 12.9 Å². The molecule has 0 amide bonds. The molecule has 0 atom stereocenters.